The van der Waals surface area contributed by atoms with E-state index in [0.717, 1.165) is 37.0 Å². The Balaban J connectivity index is 0.00000280. The summed E-state index contributed by atoms with van der Waals surface area (Å²) in [4.78, 5) is 12.7. The first-order valence-electron chi connectivity index (χ1n) is 9.90. The van der Waals surface area contributed by atoms with Crippen molar-refractivity contribution in [3.8, 4) is 5.75 Å². The molecule has 3 rings (SSSR count). The van der Waals surface area contributed by atoms with Gasteiger partial charge < -0.3 is 25.3 Å². The van der Waals surface area contributed by atoms with Crippen molar-refractivity contribution >= 4 is 18.3 Å². The normalized spacial score (nSPS) is 20.7. The number of nitrogens with one attached hydrogen (secondary N) is 1. The van der Waals surface area contributed by atoms with Crippen LogP contribution in [0.3, 0.4) is 0 Å². The highest BCUT2D eigenvalue weighted by molar-refractivity contribution is 5.85. The summed E-state index contributed by atoms with van der Waals surface area (Å²) in [6.07, 6.45) is 3.39. The molecule has 1 aromatic carbocycles. The minimum Gasteiger partial charge on any atom is -0.496 e. The second-order valence-electron chi connectivity index (χ2n) is 7.79. The van der Waals surface area contributed by atoms with Crippen LogP contribution in [0.4, 0.5) is 0 Å². The molecule has 0 saturated carbocycles. The van der Waals surface area contributed by atoms with Gasteiger partial charge in [-0.05, 0) is 44.6 Å². The van der Waals surface area contributed by atoms with E-state index < -0.39 is 6.04 Å². The maximum atomic E-state index is 12.7. The first-order valence-corrected chi connectivity index (χ1v) is 9.90. The van der Waals surface area contributed by atoms with Crippen LogP contribution in [0.5, 0.6) is 5.75 Å². The fourth-order valence-corrected chi connectivity index (χ4v) is 4.20. The average molecular weight is 413 g/mol. The van der Waals surface area contributed by atoms with Crippen LogP contribution in [-0.2, 0) is 19.7 Å². The van der Waals surface area contributed by atoms with E-state index in [9.17, 15) is 4.79 Å². The van der Waals surface area contributed by atoms with E-state index in [0.29, 0.717) is 33.0 Å². The molecule has 2 aliphatic heterocycles. The molecule has 1 amide bonds. The molecule has 1 unspecified atom stereocenters. The van der Waals surface area contributed by atoms with Crippen molar-refractivity contribution in [2.75, 3.05) is 40.1 Å². The van der Waals surface area contributed by atoms with Crippen molar-refractivity contribution in [2.45, 2.75) is 44.1 Å². The quantitative estimate of drug-likeness (QED) is 0.749. The molecule has 1 aromatic rings. The van der Waals surface area contributed by atoms with Crippen LogP contribution in [0, 0.1) is 12.8 Å². The molecule has 2 aliphatic rings. The Morgan fingerprint density at radius 1 is 1.25 bits per heavy atom. The van der Waals surface area contributed by atoms with E-state index in [-0.39, 0.29) is 29.6 Å². The number of hydrogen-bond donors (Lipinski definition) is 2. The van der Waals surface area contributed by atoms with Gasteiger partial charge in [-0.1, -0.05) is 17.7 Å². The summed E-state index contributed by atoms with van der Waals surface area (Å²) in [6.45, 7) is 5.36. The molecule has 0 radical (unpaired) electrons. The Kier molecular flexibility index (Phi) is 8.56. The summed E-state index contributed by atoms with van der Waals surface area (Å²) in [5, 5.41) is 3.14. The lowest BCUT2D eigenvalue weighted by Crippen LogP contribution is -2.51. The Morgan fingerprint density at radius 3 is 2.54 bits per heavy atom. The molecule has 3 N–H and O–H groups in total. The van der Waals surface area contributed by atoms with Crippen LogP contribution in [0.25, 0.3) is 0 Å². The van der Waals surface area contributed by atoms with Crippen molar-refractivity contribution < 1.29 is 19.0 Å². The smallest absolute Gasteiger partial charge is 0.237 e. The monoisotopic (exact) mass is 412 g/mol. The Hall–Kier alpha value is -1.34. The second-order valence-corrected chi connectivity index (χ2v) is 7.79. The number of benzene rings is 1. The lowest BCUT2D eigenvalue weighted by atomic mass is 9.73. The van der Waals surface area contributed by atoms with E-state index in [4.69, 9.17) is 19.9 Å². The topological polar surface area (TPSA) is 82.8 Å². The van der Waals surface area contributed by atoms with Crippen LogP contribution < -0.4 is 15.8 Å². The third-order valence-electron chi connectivity index (χ3n) is 6.05. The van der Waals surface area contributed by atoms with Crippen molar-refractivity contribution in [2.24, 2.45) is 11.7 Å². The molecule has 1 atom stereocenters. The molecule has 7 heteroatoms. The van der Waals surface area contributed by atoms with Gasteiger partial charge in [0.25, 0.3) is 0 Å². The first kappa shape index (κ1) is 22.9. The number of halogens is 1. The van der Waals surface area contributed by atoms with E-state index in [1.165, 1.54) is 5.56 Å². The van der Waals surface area contributed by atoms with Gasteiger partial charge in [0.1, 0.15) is 5.75 Å². The van der Waals surface area contributed by atoms with E-state index in [2.05, 4.69) is 24.4 Å². The fraction of sp³-hybridized carbons (Fsp3) is 0.667. The zero-order chi connectivity index (χ0) is 19.3. The SMILES string of the molecule is COc1ccc(C)cc1C1(CNC(=O)C(N)C2CCOCC2)CCOCC1.Cl. The van der Waals surface area contributed by atoms with Gasteiger partial charge in [-0.15, -0.1) is 12.4 Å². The van der Waals surface area contributed by atoms with E-state index in [1.54, 1.807) is 7.11 Å². The molecule has 6 nitrogen and oxygen atoms in total. The highest BCUT2D eigenvalue weighted by Gasteiger charge is 2.38. The molecular weight excluding hydrogens is 380 g/mol. The number of carbonyl (C=O) groups excluding carboxylic acids is 1. The summed E-state index contributed by atoms with van der Waals surface area (Å²) >= 11 is 0. The number of hydrogen-bond acceptors (Lipinski definition) is 5. The summed E-state index contributed by atoms with van der Waals surface area (Å²) < 4.78 is 16.6. The van der Waals surface area contributed by atoms with E-state index >= 15 is 0 Å². The Labute approximate surface area is 173 Å². The number of ether oxygens (including phenoxy) is 3. The van der Waals surface area contributed by atoms with Gasteiger partial charge in [0, 0.05) is 44.0 Å². The maximum Gasteiger partial charge on any atom is 0.237 e. The van der Waals surface area contributed by atoms with Crippen LogP contribution in [-0.4, -0.2) is 52.0 Å². The largest absolute Gasteiger partial charge is 0.496 e. The summed E-state index contributed by atoms with van der Waals surface area (Å²) in [5.41, 5.74) is 8.39. The fourth-order valence-electron chi connectivity index (χ4n) is 4.20. The standard InChI is InChI=1S/C21H32N2O4.ClH/c1-15-3-4-18(25-2)17(13-15)21(7-11-27-12-8-21)14-23-20(24)19(22)16-5-9-26-10-6-16;/h3-4,13,16,19H,5-12,14,22H2,1-2H3,(H,23,24);1H. The lowest BCUT2D eigenvalue weighted by molar-refractivity contribution is -0.124. The van der Waals surface area contributed by atoms with Gasteiger partial charge in [-0.2, -0.15) is 0 Å². The number of rotatable bonds is 6. The lowest BCUT2D eigenvalue weighted by Gasteiger charge is -2.39. The summed E-state index contributed by atoms with van der Waals surface area (Å²) in [6, 6.07) is 5.76. The van der Waals surface area contributed by atoms with E-state index in [1.807, 2.05) is 6.07 Å². The number of methoxy groups -OCH3 is 1. The van der Waals surface area contributed by atoms with Crippen LogP contribution in [0.2, 0.25) is 0 Å². The highest BCUT2D eigenvalue weighted by Crippen LogP contribution is 2.40. The van der Waals surface area contributed by atoms with Gasteiger partial charge >= 0.3 is 0 Å². The third-order valence-corrected chi connectivity index (χ3v) is 6.05. The van der Waals surface area contributed by atoms with Gasteiger partial charge in [0.15, 0.2) is 0 Å². The molecule has 0 bridgehead atoms. The molecule has 2 fully saturated rings. The number of carbonyl (C=O) groups is 1. The molecule has 28 heavy (non-hydrogen) atoms. The number of nitrogens with two attached hydrogens (primary N) is 1. The predicted octanol–water partition coefficient (Wildman–Crippen LogP) is 2.34. The van der Waals surface area contributed by atoms with Crippen LogP contribution in [0.15, 0.2) is 18.2 Å². The van der Waals surface area contributed by atoms with Gasteiger partial charge in [-0.3, -0.25) is 4.79 Å². The van der Waals surface area contributed by atoms with Crippen molar-refractivity contribution in [1.29, 1.82) is 0 Å². The molecule has 0 aliphatic carbocycles. The zero-order valence-electron chi connectivity index (χ0n) is 16.9. The van der Waals surface area contributed by atoms with Crippen molar-refractivity contribution in [3.05, 3.63) is 29.3 Å². The molecule has 2 saturated heterocycles. The number of aryl methyl sites for hydroxylation is 1. The summed E-state index contributed by atoms with van der Waals surface area (Å²) in [7, 11) is 1.70. The predicted molar refractivity (Wildman–Crippen MR) is 111 cm³/mol. The van der Waals surface area contributed by atoms with Gasteiger partial charge in [0.2, 0.25) is 5.91 Å². The first-order chi connectivity index (χ1) is 13.1. The molecule has 158 valence electrons. The second kappa shape index (κ2) is 10.4. The van der Waals surface area contributed by atoms with Gasteiger partial charge in [0.05, 0.1) is 13.2 Å². The molecular formula is C21H33ClN2O4. The Bertz CT molecular complexity index is 643. The molecule has 0 spiro atoms. The number of amides is 1. The average Bonchev–Trinajstić information content (AvgIpc) is 2.72. The third kappa shape index (κ3) is 5.17. The Morgan fingerprint density at radius 2 is 1.89 bits per heavy atom. The molecule has 0 aromatic heterocycles. The van der Waals surface area contributed by atoms with Crippen molar-refractivity contribution in [1.82, 2.24) is 5.32 Å². The molecule has 2 heterocycles. The maximum absolute atomic E-state index is 12.7. The highest BCUT2D eigenvalue weighted by atomic mass is 35.5. The minimum absolute atomic E-state index is 0. The summed E-state index contributed by atoms with van der Waals surface area (Å²) in [5.74, 6) is 0.989. The zero-order valence-corrected chi connectivity index (χ0v) is 17.7. The minimum atomic E-state index is -0.481. The van der Waals surface area contributed by atoms with Crippen LogP contribution >= 0.6 is 12.4 Å². The van der Waals surface area contributed by atoms with Crippen molar-refractivity contribution in [3.63, 3.8) is 0 Å². The van der Waals surface area contributed by atoms with Crippen LogP contribution in [0.1, 0.15) is 36.8 Å². The van der Waals surface area contributed by atoms with Gasteiger partial charge in [-0.25, -0.2) is 0 Å².